The summed E-state index contributed by atoms with van der Waals surface area (Å²) < 4.78 is 2.39. The summed E-state index contributed by atoms with van der Waals surface area (Å²) in [5.41, 5.74) is 4.20. The molecule has 98 valence electrons. The molecule has 0 fully saturated rings. The van der Waals surface area contributed by atoms with Crippen LogP contribution in [0.4, 0.5) is 0 Å². The Kier molecular flexibility index (Phi) is 2.53. The van der Waals surface area contributed by atoms with Crippen molar-refractivity contribution >= 4 is 0 Å². The minimum atomic E-state index is 0.00597. The standard InChI is InChI=1S/C19H17N/c1-3-8-16(9-4-1)19(17-10-5-2-6-11-17)13-15-20-14-7-12-18(19)20/h1-12,14H,13,15H2. The van der Waals surface area contributed by atoms with Gasteiger partial charge >= 0.3 is 0 Å². The van der Waals surface area contributed by atoms with Crippen molar-refractivity contribution in [3.05, 3.63) is 95.8 Å². The fourth-order valence-corrected chi connectivity index (χ4v) is 3.61. The maximum Gasteiger partial charge on any atom is 0.0620 e. The van der Waals surface area contributed by atoms with E-state index < -0.39 is 0 Å². The summed E-state index contributed by atoms with van der Waals surface area (Å²) in [6.45, 7) is 1.09. The van der Waals surface area contributed by atoms with Gasteiger partial charge < -0.3 is 4.57 Å². The van der Waals surface area contributed by atoms with Gasteiger partial charge in [0, 0.05) is 18.4 Å². The first-order valence-electron chi connectivity index (χ1n) is 7.18. The molecule has 2 heterocycles. The molecular formula is C19H17N. The Hall–Kier alpha value is -2.28. The fourth-order valence-electron chi connectivity index (χ4n) is 3.61. The average molecular weight is 259 g/mol. The molecule has 20 heavy (non-hydrogen) atoms. The molecular weight excluding hydrogens is 242 g/mol. The lowest BCUT2D eigenvalue weighted by Gasteiger charge is -2.30. The molecule has 4 rings (SSSR count). The van der Waals surface area contributed by atoms with Gasteiger partial charge in [0.1, 0.15) is 0 Å². The zero-order valence-corrected chi connectivity index (χ0v) is 11.4. The van der Waals surface area contributed by atoms with E-state index in [0.29, 0.717) is 0 Å². The second kappa shape index (κ2) is 4.38. The van der Waals surface area contributed by atoms with Gasteiger partial charge in [-0.1, -0.05) is 60.7 Å². The Bertz CT molecular complexity index is 670. The minimum absolute atomic E-state index is 0.00597. The zero-order valence-electron chi connectivity index (χ0n) is 11.4. The summed E-state index contributed by atoms with van der Waals surface area (Å²) in [7, 11) is 0. The molecule has 2 aromatic carbocycles. The van der Waals surface area contributed by atoms with Crippen LogP contribution in [-0.2, 0) is 12.0 Å². The van der Waals surface area contributed by atoms with Gasteiger partial charge in [0.15, 0.2) is 0 Å². The van der Waals surface area contributed by atoms with Crippen LogP contribution < -0.4 is 0 Å². The van der Waals surface area contributed by atoms with Crippen molar-refractivity contribution in [2.24, 2.45) is 0 Å². The summed E-state index contributed by atoms with van der Waals surface area (Å²) in [5.74, 6) is 0. The van der Waals surface area contributed by atoms with E-state index in [4.69, 9.17) is 0 Å². The molecule has 1 nitrogen and oxygen atoms in total. The smallest absolute Gasteiger partial charge is 0.0620 e. The van der Waals surface area contributed by atoms with Crippen molar-refractivity contribution in [1.82, 2.24) is 4.57 Å². The third kappa shape index (κ3) is 1.50. The molecule has 0 radical (unpaired) electrons. The van der Waals surface area contributed by atoms with Gasteiger partial charge in [-0.25, -0.2) is 0 Å². The highest BCUT2D eigenvalue weighted by molar-refractivity contribution is 5.50. The lowest BCUT2D eigenvalue weighted by molar-refractivity contribution is 0.602. The van der Waals surface area contributed by atoms with E-state index in [-0.39, 0.29) is 5.41 Å². The normalized spacial score (nSPS) is 16.0. The molecule has 1 aliphatic heterocycles. The topological polar surface area (TPSA) is 4.93 Å². The molecule has 0 spiro atoms. The van der Waals surface area contributed by atoms with Crippen LogP contribution in [0.1, 0.15) is 23.2 Å². The number of nitrogens with zero attached hydrogens (tertiary/aromatic N) is 1. The van der Waals surface area contributed by atoms with Gasteiger partial charge in [-0.15, -0.1) is 0 Å². The van der Waals surface area contributed by atoms with Crippen molar-refractivity contribution < 1.29 is 0 Å². The van der Waals surface area contributed by atoms with Crippen LogP contribution >= 0.6 is 0 Å². The first kappa shape index (κ1) is 11.5. The van der Waals surface area contributed by atoms with Gasteiger partial charge in [-0.2, -0.15) is 0 Å². The van der Waals surface area contributed by atoms with Crippen molar-refractivity contribution in [3.8, 4) is 0 Å². The monoisotopic (exact) mass is 259 g/mol. The number of hydrogen-bond acceptors (Lipinski definition) is 0. The molecule has 0 atom stereocenters. The van der Waals surface area contributed by atoms with Crippen molar-refractivity contribution in [1.29, 1.82) is 0 Å². The first-order chi connectivity index (χ1) is 9.91. The number of benzene rings is 2. The Morgan fingerprint density at radius 2 is 1.30 bits per heavy atom. The molecule has 0 saturated carbocycles. The largest absolute Gasteiger partial charge is 0.350 e. The number of fused-ring (bicyclic) bond motifs is 1. The predicted octanol–water partition coefficient (Wildman–Crippen LogP) is 4.23. The second-order valence-electron chi connectivity index (χ2n) is 5.47. The van der Waals surface area contributed by atoms with E-state index in [0.717, 1.165) is 13.0 Å². The lowest BCUT2D eigenvalue weighted by Crippen LogP contribution is -2.26. The highest BCUT2D eigenvalue weighted by atomic mass is 15.0. The predicted molar refractivity (Wildman–Crippen MR) is 81.8 cm³/mol. The molecule has 3 aromatic rings. The van der Waals surface area contributed by atoms with Gasteiger partial charge in [0.25, 0.3) is 0 Å². The third-order valence-electron chi connectivity index (χ3n) is 4.53. The first-order valence-corrected chi connectivity index (χ1v) is 7.18. The van der Waals surface area contributed by atoms with Gasteiger partial charge in [0.05, 0.1) is 5.41 Å². The van der Waals surface area contributed by atoms with Gasteiger partial charge in [0.2, 0.25) is 0 Å². The lowest BCUT2D eigenvalue weighted by atomic mass is 9.71. The van der Waals surface area contributed by atoms with Crippen molar-refractivity contribution in [3.63, 3.8) is 0 Å². The van der Waals surface area contributed by atoms with Crippen molar-refractivity contribution in [2.45, 2.75) is 18.4 Å². The van der Waals surface area contributed by atoms with E-state index >= 15 is 0 Å². The van der Waals surface area contributed by atoms with E-state index in [1.165, 1.54) is 16.8 Å². The van der Waals surface area contributed by atoms with Gasteiger partial charge in [-0.05, 0) is 29.7 Å². The van der Waals surface area contributed by atoms with Crippen LogP contribution in [0, 0.1) is 0 Å². The van der Waals surface area contributed by atoms with E-state index in [2.05, 4.69) is 83.6 Å². The Morgan fingerprint density at radius 1 is 0.700 bits per heavy atom. The van der Waals surface area contributed by atoms with E-state index in [1.54, 1.807) is 0 Å². The maximum absolute atomic E-state index is 2.39. The summed E-state index contributed by atoms with van der Waals surface area (Å²) in [5, 5.41) is 0. The molecule has 0 aliphatic carbocycles. The molecule has 0 unspecified atom stereocenters. The average Bonchev–Trinajstić information content (AvgIpc) is 3.11. The fraction of sp³-hybridized carbons (Fsp3) is 0.158. The van der Waals surface area contributed by atoms with Crippen LogP contribution in [0.2, 0.25) is 0 Å². The molecule has 0 saturated heterocycles. The van der Waals surface area contributed by atoms with Crippen LogP contribution in [0.3, 0.4) is 0 Å². The summed E-state index contributed by atoms with van der Waals surface area (Å²) >= 11 is 0. The Morgan fingerprint density at radius 3 is 1.90 bits per heavy atom. The third-order valence-corrected chi connectivity index (χ3v) is 4.53. The second-order valence-corrected chi connectivity index (χ2v) is 5.47. The molecule has 1 aromatic heterocycles. The van der Waals surface area contributed by atoms with Crippen molar-refractivity contribution in [2.75, 3.05) is 0 Å². The number of aromatic nitrogens is 1. The molecule has 0 N–H and O–H groups in total. The van der Waals surface area contributed by atoms with Crippen LogP contribution in [0.25, 0.3) is 0 Å². The van der Waals surface area contributed by atoms with E-state index in [9.17, 15) is 0 Å². The summed E-state index contributed by atoms with van der Waals surface area (Å²) in [4.78, 5) is 0. The van der Waals surface area contributed by atoms with Crippen LogP contribution in [-0.4, -0.2) is 4.57 Å². The van der Waals surface area contributed by atoms with Crippen LogP contribution in [0.5, 0.6) is 0 Å². The highest BCUT2D eigenvalue weighted by Crippen LogP contribution is 2.46. The number of hydrogen-bond donors (Lipinski definition) is 0. The minimum Gasteiger partial charge on any atom is -0.350 e. The maximum atomic E-state index is 2.39. The molecule has 1 aliphatic rings. The Labute approximate surface area is 119 Å². The molecule has 0 bridgehead atoms. The molecule has 1 heteroatoms. The number of rotatable bonds is 2. The SMILES string of the molecule is c1ccc(C2(c3ccccc3)CCn3cccc32)cc1. The molecule has 0 amide bonds. The Balaban J connectivity index is 2.01. The summed E-state index contributed by atoms with van der Waals surface area (Å²) in [6.07, 6.45) is 3.33. The quantitative estimate of drug-likeness (QED) is 0.649. The van der Waals surface area contributed by atoms with Gasteiger partial charge in [-0.3, -0.25) is 0 Å². The van der Waals surface area contributed by atoms with E-state index in [1.807, 2.05) is 0 Å². The number of aryl methyl sites for hydroxylation is 1. The summed E-state index contributed by atoms with van der Waals surface area (Å²) in [6, 6.07) is 26.2. The highest BCUT2D eigenvalue weighted by Gasteiger charge is 2.41. The zero-order chi connectivity index (χ0) is 13.4. The van der Waals surface area contributed by atoms with Crippen LogP contribution in [0.15, 0.2) is 79.0 Å².